The predicted octanol–water partition coefficient (Wildman–Crippen LogP) is 3.68. The van der Waals surface area contributed by atoms with Crippen LogP contribution >= 0.6 is 0 Å². The Morgan fingerprint density at radius 3 is 2.07 bits per heavy atom. The van der Waals surface area contributed by atoms with Crippen LogP contribution in [0.25, 0.3) is 0 Å². The molecule has 4 aliphatic carbocycles. The van der Waals surface area contributed by atoms with E-state index in [0.29, 0.717) is 24.2 Å². The van der Waals surface area contributed by atoms with Gasteiger partial charge in [0.15, 0.2) is 5.78 Å². The molecule has 0 spiro atoms. The SMILES string of the molecule is CC(C)(NS(=O)(=O)c1ccc([N+](=O)[O-])cc1)C(=O)CC1C2CC3CC(C2)CC1C3. The number of hydrogen-bond acceptors (Lipinski definition) is 5. The van der Waals surface area contributed by atoms with Crippen molar-refractivity contribution in [3.05, 3.63) is 34.4 Å². The molecule has 0 radical (unpaired) electrons. The molecular formula is C21H28N2O5S. The van der Waals surface area contributed by atoms with Crippen molar-refractivity contribution >= 4 is 21.5 Å². The van der Waals surface area contributed by atoms with E-state index < -0.39 is 20.5 Å². The average Bonchev–Trinajstić information content (AvgIpc) is 2.63. The van der Waals surface area contributed by atoms with Gasteiger partial charge in [-0.2, -0.15) is 4.72 Å². The summed E-state index contributed by atoms with van der Waals surface area (Å²) in [6.07, 6.45) is 6.67. The van der Waals surface area contributed by atoms with Gasteiger partial charge < -0.3 is 0 Å². The fourth-order valence-electron chi connectivity index (χ4n) is 6.04. The molecule has 4 fully saturated rings. The monoisotopic (exact) mass is 420 g/mol. The highest BCUT2D eigenvalue weighted by atomic mass is 32.2. The summed E-state index contributed by atoms with van der Waals surface area (Å²) in [6, 6.07) is 4.69. The highest BCUT2D eigenvalue weighted by Crippen LogP contribution is 2.57. The molecule has 0 amide bonds. The van der Waals surface area contributed by atoms with E-state index in [2.05, 4.69) is 4.72 Å². The lowest BCUT2D eigenvalue weighted by Crippen LogP contribution is -2.52. The van der Waals surface area contributed by atoms with Gasteiger partial charge in [0.2, 0.25) is 10.0 Å². The quantitative estimate of drug-likeness (QED) is 0.535. The van der Waals surface area contributed by atoms with Crippen molar-refractivity contribution in [2.45, 2.75) is 62.8 Å². The Morgan fingerprint density at radius 1 is 1.07 bits per heavy atom. The molecule has 1 aromatic rings. The van der Waals surface area contributed by atoms with Crippen LogP contribution in [0, 0.1) is 39.7 Å². The molecule has 0 aromatic heterocycles. The molecule has 4 bridgehead atoms. The number of Topliss-reactive ketones (excluding diaryl/α,β-unsaturated/α-hetero) is 1. The molecule has 7 nitrogen and oxygen atoms in total. The molecule has 1 aromatic carbocycles. The number of nitrogens with one attached hydrogen (secondary N) is 1. The van der Waals surface area contributed by atoms with Crippen LogP contribution in [-0.4, -0.2) is 24.7 Å². The Morgan fingerprint density at radius 2 is 1.59 bits per heavy atom. The van der Waals surface area contributed by atoms with E-state index >= 15 is 0 Å². The Kier molecular flexibility index (Phi) is 5.06. The lowest BCUT2D eigenvalue weighted by atomic mass is 9.51. The maximum atomic E-state index is 13.1. The van der Waals surface area contributed by atoms with Crippen molar-refractivity contribution in [1.29, 1.82) is 0 Å². The van der Waals surface area contributed by atoms with Crippen molar-refractivity contribution in [2.75, 3.05) is 0 Å². The summed E-state index contributed by atoms with van der Waals surface area (Å²) in [5.74, 6) is 3.17. The van der Waals surface area contributed by atoms with Crippen LogP contribution in [0.4, 0.5) is 5.69 Å². The molecule has 4 saturated carbocycles. The third kappa shape index (κ3) is 3.97. The minimum atomic E-state index is -3.96. The minimum absolute atomic E-state index is 0.0829. The van der Waals surface area contributed by atoms with Crippen molar-refractivity contribution in [1.82, 2.24) is 4.72 Å². The van der Waals surface area contributed by atoms with E-state index in [1.165, 1.54) is 44.2 Å². The number of sulfonamides is 1. The van der Waals surface area contributed by atoms with Gasteiger partial charge in [0, 0.05) is 18.6 Å². The fourth-order valence-corrected chi connectivity index (χ4v) is 7.44. The van der Waals surface area contributed by atoms with Crippen LogP contribution in [0.3, 0.4) is 0 Å². The summed E-state index contributed by atoms with van der Waals surface area (Å²) < 4.78 is 28.0. The average molecular weight is 421 g/mol. The number of hydrogen-bond donors (Lipinski definition) is 1. The van der Waals surface area contributed by atoms with Gasteiger partial charge in [-0.25, -0.2) is 8.42 Å². The molecule has 29 heavy (non-hydrogen) atoms. The Balaban J connectivity index is 1.45. The molecule has 0 atom stereocenters. The molecule has 158 valence electrons. The van der Waals surface area contributed by atoms with Crippen LogP contribution in [0.2, 0.25) is 0 Å². The summed E-state index contributed by atoms with van der Waals surface area (Å²) in [7, 11) is -3.96. The Bertz CT molecular complexity index is 895. The molecule has 5 rings (SSSR count). The Hall–Kier alpha value is -1.80. The number of nitrogens with zero attached hydrogens (tertiary/aromatic N) is 1. The zero-order chi connectivity index (χ0) is 21.0. The third-order valence-corrected chi connectivity index (χ3v) is 8.96. The van der Waals surface area contributed by atoms with Crippen LogP contribution in [-0.2, 0) is 14.8 Å². The first-order valence-corrected chi connectivity index (χ1v) is 11.8. The predicted molar refractivity (Wildman–Crippen MR) is 108 cm³/mol. The molecule has 0 unspecified atom stereocenters. The first-order valence-electron chi connectivity index (χ1n) is 10.4. The van der Waals surface area contributed by atoms with Crippen molar-refractivity contribution in [3.8, 4) is 0 Å². The standard InChI is InChI=1S/C21H28N2O5S/c1-21(2,22-29(27,28)18-5-3-17(4-6-18)23(25)26)20(24)12-19-15-8-13-7-14(10-15)11-16(19)9-13/h3-6,13-16,19,22H,7-12H2,1-2H3. The largest absolute Gasteiger partial charge is 0.298 e. The summed E-state index contributed by atoms with van der Waals surface area (Å²) in [4.78, 5) is 23.2. The highest BCUT2D eigenvalue weighted by molar-refractivity contribution is 7.89. The fraction of sp³-hybridized carbons (Fsp3) is 0.667. The zero-order valence-electron chi connectivity index (χ0n) is 16.8. The van der Waals surface area contributed by atoms with Gasteiger partial charge in [0.1, 0.15) is 0 Å². The third-order valence-electron chi connectivity index (χ3n) is 7.29. The minimum Gasteiger partial charge on any atom is -0.298 e. The maximum Gasteiger partial charge on any atom is 0.269 e. The summed E-state index contributed by atoms with van der Waals surface area (Å²) in [5, 5.41) is 10.8. The normalized spacial score (nSPS) is 31.0. The van der Waals surface area contributed by atoms with Gasteiger partial charge in [0.05, 0.1) is 15.4 Å². The number of nitro benzene ring substituents is 1. The van der Waals surface area contributed by atoms with Crippen LogP contribution in [0.15, 0.2) is 29.2 Å². The van der Waals surface area contributed by atoms with Crippen LogP contribution in [0.5, 0.6) is 0 Å². The van der Waals surface area contributed by atoms with Gasteiger partial charge in [-0.1, -0.05) is 0 Å². The van der Waals surface area contributed by atoms with Crippen LogP contribution < -0.4 is 4.72 Å². The van der Waals surface area contributed by atoms with Crippen molar-refractivity contribution in [3.63, 3.8) is 0 Å². The number of non-ortho nitro benzene ring substituents is 1. The number of carbonyl (C=O) groups excluding carboxylic acids is 1. The lowest BCUT2D eigenvalue weighted by Gasteiger charge is -2.54. The second kappa shape index (κ2) is 7.16. The van der Waals surface area contributed by atoms with E-state index in [4.69, 9.17) is 0 Å². The Labute approximate surface area is 171 Å². The first-order chi connectivity index (χ1) is 13.5. The number of benzene rings is 1. The number of rotatable bonds is 7. The molecule has 4 aliphatic rings. The first kappa shape index (κ1) is 20.5. The van der Waals surface area contributed by atoms with Gasteiger partial charge in [-0.3, -0.25) is 14.9 Å². The molecule has 0 aliphatic heterocycles. The van der Waals surface area contributed by atoms with E-state index in [0.717, 1.165) is 24.0 Å². The van der Waals surface area contributed by atoms with Gasteiger partial charge in [-0.05, 0) is 87.7 Å². The van der Waals surface area contributed by atoms with E-state index in [9.17, 15) is 23.3 Å². The summed E-state index contributed by atoms with van der Waals surface area (Å²) in [6.45, 7) is 3.21. The second-order valence-electron chi connectivity index (χ2n) is 9.70. The van der Waals surface area contributed by atoms with Gasteiger partial charge >= 0.3 is 0 Å². The van der Waals surface area contributed by atoms with Gasteiger partial charge in [0.25, 0.3) is 5.69 Å². The highest BCUT2D eigenvalue weighted by Gasteiger charge is 2.49. The maximum absolute atomic E-state index is 13.1. The van der Waals surface area contributed by atoms with Crippen molar-refractivity contribution in [2.24, 2.45) is 29.6 Å². The molecule has 0 heterocycles. The summed E-state index contributed by atoms with van der Waals surface area (Å²) in [5.41, 5.74) is -1.41. The van der Waals surface area contributed by atoms with Crippen molar-refractivity contribution < 1.29 is 18.1 Å². The molecule has 1 N–H and O–H groups in total. The zero-order valence-corrected chi connectivity index (χ0v) is 17.7. The number of ketones is 1. The topological polar surface area (TPSA) is 106 Å². The smallest absolute Gasteiger partial charge is 0.269 e. The molecule has 0 saturated heterocycles. The number of carbonyl (C=O) groups is 1. The van der Waals surface area contributed by atoms with Gasteiger partial charge in [-0.15, -0.1) is 0 Å². The molecular weight excluding hydrogens is 392 g/mol. The number of nitro groups is 1. The van der Waals surface area contributed by atoms with Crippen LogP contribution in [0.1, 0.15) is 52.4 Å². The van der Waals surface area contributed by atoms with E-state index in [1.54, 1.807) is 13.8 Å². The second-order valence-corrected chi connectivity index (χ2v) is 11.4. The van der Waals surface area contributed by atoms with E-state index in [1.807, 2.05) is 0 Å². The lowest BCUT2D eigenvalue weighted by molar-refractivity contribution is -0.384. The summed E-state index contributed by atoms with van der Waals surface area (Å²) >= 11 is 0. The molecule has 8 heteroatoms. The van der Waals surface area contributed by atoms with E-state index in [-0.39, 0.29) is 16.4 Å².